The van der Waals surface area contributed by atoms with Crippen LogP contribution >= 0.6 is 0 Å². The van der Waals surface area contributed by atoms with Crippen LogP contribution in [0.5, 0.6) is 0 Å². The highest BCUT2D eigenvalue weighted by atomic mass is 28.3. The molecule has 0 N–H and O–H groups in total. The van der Waals surface area contributed by atoms with Crippen LogP contribution < -0.4 is 20.5 Å². The van der Waals surface area contributed by atoms with Crippen LogP contribution in [-0.4, -0.2) is 8.07 Å². The molecule has 0 aromatic heterocycles. The molecule has 0 atom stereocenters. The van der Waals surface area contributed by atoms with Crippen LogP contribution in [0.3, 0.4) is 0 Å². The van der Waals surface area contributed by atoms with E-state index in [9.17, 15) is 0 Å². The number of benzene rings is 8. The van der Waals surface area contributed by atoms with Gasteiger partial charge in [-0.05, 0) is 102 Å². The Morgan fingerprint density at radius 3 is 1.28 bits per heavy atom. The third-order valence-electron chi connectivity index (χ3n) is 13.0. The molecule has 0 saturated carbocycles. The number of rotatable bonds is 8. The molecule has 0 unspecified atom stereocenters. The summed E-state index contributed by atoms with van der Waals surface area (Å²) in [6, 6.07) is 74.4. The fourth-order valence-corrected chi connectivity index (χ4v) is 14.1. The Morgan fingerprint density at radius 1 is 0.362 bits per heavy atom. The molecule has 2 aliphatic rings. The number of hydrogen-bond acceptors (Lipinski definition) is 1. The van der Waals surface area contributed by atoms with Crippen molar-refractivity contribution >= 4 is 46.8 Å². The molecule has 0 fully saturated rings. The second kappa shape index (κ2) is 13.9. The Balaban J connectivity index is 1.06. The summed E-state index contributed by atoms with van der Waals surface area (Å²) in [4.78, 5) is 2.44. The topological polar surface area (TPSA) is 3.24 Å². The summed E-state index contributed by atoms with van der Waals surface area (Å²) in [6.45, 7) is 9.52. The zero-order chi connectivity index (χ0) is 39.5. The molecule has 0 radical (unpaired) electrons. The van der Waals surface area contributed by atoms with Crippen LogP contribution in [0.4, 0.5) is 17.1 Å². The molecule has 10 rings (SSSR count). The van der Waals surface area contributed by atoms with Gasteiger partial charge in [-0.1, -0.05) is 203 Å². The first-order chi connectivity index (χ1) is 28.3. The van der Waals surface area contributed by atoms with Crippen LogP contribution in [0.25, 0.3) is 28.3 Å². The summed E-state index contributed by atoms with van der Waals surface area (Å²) in [5.41, 5.74) is 17.8. The molecule has 2 aliphatic carbocycles. The fraction of sp³-hybridized carbons (Fsp3) is 0.107. The van der Waals surface area contributed by atoms with Gasteiger partial charge in [0, 0.05) is 27.9 Å². The second-order valence-corrected chi connectivity index (χ2v) is 20.7. The first-order valence-corrected chi connectivity index (χ1v) is 22.6. The van der Waals surface area contributed by atoms with Gasteiger partial charge >= 0.3 is 0 Å². The Hall–Kier alpha value is -6.48. The van der Waals surface area contributed by atoms with E-state index >= 15 is 0 Å². The van der Waals surface area contributed by atoms with Gasteiger partial charge in [0.1, 0.15) is 0 Å². The van der Waals surface area contributed by atoms with Crippen molar-refractivity contribution in [1.29, 1.82) is 0 Å². The minimum absolute atomic E-state index is 0.0799. The van der Waals surface area contributed by atoms with Gasteiger partial charge in [0.05, 0.1) is 0 Å². The third kappa shape index (κ3) is 5.66. The normalized spacial score (nSPS) is 14.4. The summed E-state index contributed by atoms with van der Waals surface area (Å²) >= 11 is 0. The van der Waals surface area contributed by atoms with E-state index in [1.165, 1.54) is 77.0 Å². The first-order valence-electron chi connectivity index (χ1n) is 20.5. The van der Waals surface area contributed by atoms with Gasteiger partial charge in [-0.2, -0.15) is 0 Å². The van der Waals surface area contributed by atoms with Crippen LogP contribution in [0.2, 0.25) is 0 Å². The number of nitrogens with zero attached hydrogens (tertiary/aromatic N) is 1. The number of hydrogen-bond donors (Lipinski definition) is 0. The van der Waals surface area contributed by atoms with Crippen LogP contribution in [0.15, 0.2) is 206 Å². The average Bonchev–Trinajstić information content (AvgIpc) is 3.64. The van der Waals surface area contributed by atoms with E-state index in [1.807, 2.05) is 0 Å². The van der Waals surface area contributed by atoms with Crippen molar-refractivity contribution in [3.05, 3.63) is 234 Å². The van der Waals surface area contributed by atoms with E-state index in [1.54, 1.807) is 0 Å². The molecule has 8 aromatic rings. The first kappa shape index (κ1) is 35.9. The number of fused-ring (bicyclic) bond motifs is 6. The van der Waals surface area contributed by atoms with E-state index in [0.29, 0.717) is 0 Å². The molecule has 0 heterocycles. The lowest BCUT2D eigenvalue weighted by Gasteiger charge is -2.31. The SMILES string of the molecule is CC1(C)c2ccccc2-c2ccc(N(c3ccccc3)c3ccc4c(c3)C(C)(C)c3cc(C=C[Si](c5ccccc5)(c5ccccc5)c5ccccc5)ccc3-4)cc21. The van der Waals surface area contributed by atoms with Crippen molar-refractivity contribution in [3.8, 4) is 22.3 Å². The van der Waals surface area contributed by atoms with E-state index < -0.39 is 8.07 Å². The van der Waals surface area contributed by atoms with E-state index in [0.717, 1.165) is 5.69 Å². The highest BCUT2D eigenvalue weighted by Crippen LogP contribution is 2.53. The van der Waals surface area contributed by atoms with E-state index in [2.05, 4.69) is 245 Å². The van der Waals surface area contributed by atoms with E-state index in [4.69, 9.17) is 0 Å². The molecule has 280 valence electrons. The average molecular weight is 762 g/mol. The van der Waals surface area contributed by atoms with Crippen molar-refractivity contribution < 1.29 is 0 Å². The lowest BCUT2D eigenvalue weighted by Crippen LogP contribution is -2.66. The number of anilines is 3. The minimum atomic E-state index is -2.54. The predicted molar refractivity (Wildman–Crippen MR) is 249 cm³/mol. The minimum Gasteiger partial charge on any atom is -0.310 e. The van der Waals surface area contributed by atoms with Crippen LogP contribution in [-0.2, 0) is 10.8 Å². The van der Waals surface area contributed by atoms with Crippen molar-refractivity contribution in [2.24, 2.45) is 0 Å². The monoisotopic (exact) mass is 761 g/mol. The fourth-order valence-electron chi connectivity index (χ4n) is 9.95. The zero-order valence-electron chi connectivity index (χ0n) is 33.7. The van der Waals surface area contributed by atoms with E-state index in [-0.39, 0.29) is 10.8 Å². The summed E-state index contributed by atoms with van der Waals surface area (Å²) in [5.74, 6) is 0. The molecule has 2 heteroatoms. The Labute approximate surface area is 344 Å². The maximum Gasteiger partial charge on any atom is 0.172 e. The van der Waals surface area contributed by atoms with Crippen molar-refractivity contribution in [2.75, 3.05) is 4.90 Å². The molecular formula is C56H47NSi. The smallest absolute Gasteiger partial charge is 0.172 e. The Morgan fingerprint density at radius 2 is 0.759 bits per heavy atom. The predicted octanol–water partition coefficient (Wildman–Crippen LogP) is 12.5. The highest BCUT2D eigenvalue weighted by Gasteiger charge is 2.39. The third-order valence-corrected chi connectivity index (χ3v) is 17.4. The van der Waals surface area contributed by atoms with Gasteiger partial charge < -0.3 is 4.90 Å². The molecular weight excluding hydrogens is 715 g/mol. The summed E-state index contributed by atoms with van der Waals surface area (Å²) < 4.78 is 0. The second-order valence-electron chi connectivity index (χ2n) is 17.0. The Bertz CT molecular complexity index is 2720. The van der Waals surface area contributed by atoms with Gasteiger partial charge in [-0.25, -0.2) is 0 Å². The quantitative estimate of drug-likeness (QED) is 0.110. The zero-order valence-corrected chi connectivity index (χ0v) is 34.7. The molecule has 8 aromatic carbocycles. The molecule has 58 heavy (non-hydrogen) atoms. The van der Waals surface area contributed by atoms with Gasteiger partial charge in [-0.3, -0.25) is 0 Å². The molecule has 0 spiro atoms. The molecule has 0 saturated heterocycles. The summed E-state index contributed by atoms with van der Waals surface area (Å²) in [5, 5.41) is 4.14. The lowest BCUT2D eigenvalue weighted by atomic mass is 9.81. The summed E-state index contributed by atoms with van der Waals surface area (Å²) in [6.07, 6.45) is 2.40. The van der Waals surface area contributed by atoms with Crippen molar-refractivity contribution in [2.45, 2.75) is 38.5 Å². The van der Waals surface area contributed by atoms with Crippen molar-refractivity contribution in [3.63, 3.8) is 0 Å². The van der Waals surface area contributed by atoms with Gasteiger partial charge in [0.15, 0.2) is 8.07 Å². The van der Waals surface area contributed by atoms with Gasteiger partial charge in [0.25, 0.3) is 0 Å². The lowest BCUT2D eigenvalue weighted by molar-refractivity contribution is 0.660. The van der Waals surface area contributed by atoms with Crippen LogP contribution in [0.1, 0.15) is 55.5 Å². The highest BCUT2D eigenvalue weighted by molar-refractivity contribution is 7.15. The van der Waals surface area contributed by atoms with Crippen molar-refractivity contribution in [1.82, 2.24) is 0 Å². The molecule has 0 amide bonds. The maximum atomic E-state index is 2.55. The van der Waals surface area contributed by atoms with Crippen LogP contribution in [0, 0.1) is 0 Å². The summed E-state index contributed by atoms with van der Waals surface area (Å²) in [7, 11) is -2.54. The standard InChI is InChI=1S/C56H47NSi/c1-55(2)51-28-18-17-27-47(51)49-33-30-42(38-53(49)55)57(41-19-9-5-10-20-41)43-31-34-50-48-32-29-40(37-52(48)56(3,4)54(50)39-43)35-36-58(44-21-11-6-12-22-44,45-23-13-7-14-24-45)46-25-15-8-16-26-46/h5-39H,1-4H3. The molecule has 0 bridgehead atoms. The van der Waals surface area contributed by atoms with Gasteiger partial charge in [0.2, 0.25) is 0 Å². The molecule has 1 nitrogen and oxygen atoms in total. The largest absolute Gasteiger partial charge is 0.310 e. The van der Waals surface area contributed by atoms with Gasteiger partial charge in [-0.15, -0.1) is 0 Å². The maximum absolute atomic E-state index is 2.55. The number of para-hydroxylation sites is 1. The Kier molecular flexibility index (Phi) is 8.58. The molecule has 0 aliphatic heterocycles.